The van der Waals surface area contributed by atoms with Crippen LogP contribution in [0.15, 0.2) is 64.6 Å². The summed E-state index contributed by atoms with van der Waals surface area (Å²) in [6.45, 7) is 2.42. The quantitative estimate of drug-likeness (QED) is 0.286. The Morgan fingerprint density at radius 2 is 1.80 bits per heavy atom. The van der Waals surface area contributed by atoms with Gasteiger partial charge in [-0.2, -0.15) is 0 Å². The van der Waals surface area contributed by atoms with E-state index in [0.29, 0.717) is 12.3 Å². The van der Waals surface area contributed by atoms with Crippen LogP contribution in [0, 0.1) is 0 Å². The molecule has 2 aromatic rings. The zero-order chi connectivity index (χ0) is 14.2. The molecule has 0 unspecified atom stereocenters. The van der Waals surface area contributed by atoms with Crippen molar-refractivity contribution in [1.82, 2.24) is 0 Å². The van der Waals surface area contributed by atoms with Gasteiger partial charge in [-0.3, -0.25) is 0 Å². The monoisotopic (exact) mass is 287 g/mol. The van der Waals surface area contributed by atoms with Crippen molar-refractivity contribution in [2.45, 2.75) is 11.8 Å². The minimum atomic E-state index is 0.594. The third-order valence-electron chi connectivity index (χ3n) is 2.79. The molecule has 0 fully saturated rings. The fourth-order valence-corrected chi connectivity index (χ4v) is 2.44. The Morgan fingerprint density at radius 1 is 1.10 bits per heavy atom. The van der Waals surface area contributed by atoms with Crippen LogP contribution in [-0.2, 0) is 0 Å². The Kier molecular flexibility index (Phi) is 5.50. The maximum atomic E-state index is 8.69. The molecule has 0 saturated carbocycles. The number of rotatable bonds is 6. The van der Waals surface area contributed by atoms with Crippen LogP contribution in [0.2, 0.25) is 0 Å². The number of nitrogens with zero attached hydrogens (tertiary/aromatic N) is 1. The average Bonchev–Trinajstić information content (AvgIpc) is 2.52. The van der Waals surface area contributed by atoms with E-state index in [1.807, 2.05) is 42.5 Å². The SMILES string of the molecule is CC(=NO)c1ccc(OCCSc2ccccc2)cc1. The lowest BCUT2D eigenvalue weighted by Gasteiger charge is -2.07. The highest BCUT2D eigenvalue weighted by Gasteiger charge is 1.99. The van der Waals surface area contributed by atoms with Crippen LogP contribution in [0.4, 0.5) is 0 Å². The molecule has 0 aliphatic carbocycles. The van der Waals surface area contributed by atoms with Gasteiger partial charge in [0.05, 0.1) is 12.3 Å². The second-order valence-electron chi connectivity index (χ2n) is 4.22. The maximum Gasteiger partial charge on any atom is 0.119 e. The van der Waals surface area contributed by atoms with Gasteiger partial charge in [-0.05, 0) is 48.9 Å². The zero-order valence-corrected chi connectivity index (χ0v) is 12.1. The van der Waals surface area contributed by atoms with Gasteiger partial charge >= 0.3 is 0 Å². The fourth-order valence-electron chi connectivity index (χ4n) is 1.69. The van der Waals surface area contributed by atoms with Crippen molar-refractivity contribution in [2.24, 2.45) is 5.16 Å². The van der Waals surface area contributed by atoms with Crippen molar-refractivity contribution in [2.75, 3.05) is 12.4 Å². The standard InChI is InChI=1S/C16H17NO2S/c1-13(17-18)14-7-9-15(10-8-14)19-11-12-20-16-5-3-2-4-6-16/h2-10,18H,11-12H2,1H3. The van der Waals surface area contributed by atoms with Gasteiger partial charge in [0.25, 0.3) is 0 Å². The summed E-state index contributed by atoms with van der Waals surface area (Å²) in [6.07, 6.45) is 0. The third kappa shape index (κ3) is 4.31. The van der Waals surface area contributed by atoms with Gasteiger partial charge in [0.2, 0.25) is 0 Å². The second kappa shape index (κ2) is 7.60. The van der Waals surface area contributed by atoms with E-state index in [0.717, 1.165) is 17.1 Å². The lowest BCUT2D eigenvalue weighted by atomic mass is 10.1. The number of thioether (sulfide) groups is 1. The Balaban J connectivity index is 1.77. The van der Waals surface area contributed by atoms with Gasteiger partial charge in [0.15, 0.2) is 0 Å². The number of ether oxygens (including phenoxy) is 1. The van der Waals surface area contributed by atoms with Gasteiger partial charge in [0, 0.05) is 10.6 Å². The summed E-state index contributed by atoms with van der Waals surface area (Å²) < 4.78 is 5.67. The Hall–Kier alpha value is -1.94. The van der Waals surface area contributed by atoms with Crippen LogP contribution in [0.3, 0.4) is 0 Å². The summed E-state index contributed by atoms with van der Waals surface area (Å²) in [4.78, 5) is 1.25. The molecule has 0 radical (unpaired) electrons. The predicted octanol–water partition coefficient (Wildman–Crippen LogP) is 4.06. The van der Waals surface area contributed by atoms with E-state index < -0.39 is 0 Å². The summed E-state index contributed by atoms with van der Waals surface area (Å²) in [6, 6.07) is 17.8. The Bertz CT molecular complexity index is 552. The van der Waals surface area contributed by atoms with Crippen molar-refractivity contribution < 1.29 is 9.94 Å². The van der Waals surface area contributed by atoms with Crippen molar-refractivity contribution in [1.29, 1.82) is 0 Å². The van der Waals surface area contributed by atoms with Crippen LogP contribution in [0.5, 0.6) is 5.75 Å². The molecule has 0 aliphatic heterocycles. The Morgan fingerprint density at radius 3 is 2.45 bits per heavy atom. The van der Waals surface area contributed by atoms with Gasteiger partial charge in [0.1, 0.15) is 5.75 Å². The minimum absolute atomic E-state index is 0.594. The van der Waals surface area contributed by atoms with Gasteiger partial charge in [-0.1, -0.05) is 23.4 Å². The van der Waals surface area contributed by atoms with Crippen molar-refractivity contribution in [3.05, 3.63) is 60.2 Å². The van der Waals surface area contributed by atoms with Crippen LogP contribution in [0.25, 0.3) is 0 Å². The molecule has 2 rings (SSSR count). The first-order valence-corrected chi connectivity index (χ1v) is 7.38. The van der Waals surface area contributed by atoms with Gasteiger partial charge in [-0.25, -0.2) is 0 Å². The molecule has 0 bridgehead atoms. The molecule has 0 aromatic heterocycles. The van der Waals surface area contributed by atoms with Crippen LogP contribution < -0.4 is 4.74 Å². The van der Waals surface area contributed by atoms with E-state index in [1.54, 1.807) is 18.7 Å². The molecule has 0 amide bonds. The Labute approximate surface area is 123 Å². The minimum Gasteiger partial charge on any atom is -0.493 e. The molecule has 104 valence electrons. The molecule has 0 heterocycles. The fraction of sp³-hybridized carbons (Fsp3) is 0.188. The van der Waals surface area contributed by atoms with Crippen LogP contribution in [0.1, 0.15) is 12.5 Å². The highest BCUT2D eigenvalue weighted by molar-refractivity contribution is 7.99. The van der Waals surface area contributed by atoms with E-state index in [2.05, 4.69) is 17.3 Å². The molecule has 4 heteroatoms. The number of hydrogen-bond acceptors (Lipinski definition) is 4. The average molecular weight is 287 g/mol. The molecule has 20 heavy (non-hydrogen) atoms. The zero-order valence-electron chi connectivity index (χ0n) is 11.3. The molecule has 0 spiro atoms. The molecular weight excluding hydrogens is 270 g/mol. The lowest BCUT2D eigenvalue weighted by molar-refractivity contribution is 0.319. The van der Waals surface area contributed by atoms with E-state index >= 15 is 0 Å². The number of oxime groups is 1. The first-order chi connectivity index (χ1) is 9.79. The lowest BCUT2D eigenvalue weighted by Crippen LogP contribution is -2.00. The molecule has 0 saturated heterocycles. The first-order valence-electron chi connectivity index (χ1n) is 6.39. The van der Waals surface area contributed by atoms with Crippen molar-refractivity contribution >= 4 is 17.5 Å². The second-order valence-corrected chi connectivity index (χ2v) is 5.39. The highest BCUT2D eigenvalue weighted by atomic mass is 32.2. The van der Waals surface area contributed by atoms with E-state index in [-0.39, 0.29) is 0 Å². The molecule has 0 atom stereocenters. The smallest absolute Gasteiger partial charge is 0.119 e. The summed E-state index contributed by atoms with van der Waals surface area (Å²) in [7, 11) is 0. The number of hydrogen-bond donors (Lipinski definition) is 1. The summed E-state index contributed by atoms with van der Waals surface area (Å²) in [5.74, 6) is 1.73. The summed E-state index contributed by atoms with van der Waals surface area (Å²) >= 11 is 1.77. The summed E-state index contributed by atoms with van der Waals surface area (Å²) in [5, 5.41) is 11.9. The number of benzene rings is 2. The van der Waals surface area contributed by atoms with Gasteiger partial charge in [-0.15, -0.1) is 11.8 Å². The van der Waals surface area contributed by atoms with Crippen molar-refractivity contribution in [3.8, 4) is 5.75 Å². The van der Waals surface area contributed by atoms with Crippen molar-refractivity contribution in [3.63, 3.8) is 0 Å². The largest absolute Gasteiger partial charge is 0.493 e. The first kappa shape index (κ1) is 14.5. The molecule has 3 nitrogen and oxygen atoms in total. The summed E-state index contributed by atoms with van der Waals surface area (Å²) in [5.41, 5.74) is 1.48. The normalized spacial score (nSPS) is 11.3. The maximum absolute atomic E-state index is 8.69. The predicted molar refractivity (Wildman–Crippen MR) is 83.1 cm³/mol. The van der Waals surface area contributed by atoms with Crippen LogP contribution >= 0.6 is 11.8 Å². The third-order valence-corrected chi connectivity index (χ3v) is 3.76. The van der Waals surface area contributed by atoms with E-state index in [1.165, 1.54) is 4.90 Å². The van der Waals surface area contributed by atoms with E-state index in [4.69, 9.17) is 9.94 Å². The topological polar surface area (TPSA) is 41.8 Å². The van der Waals surface area contributed by atoms with E-state index in [9.17, 15) is 0 Å². The molecular formula is C16H17NO2S. The highest BCUT2D eigenvalue weighted by Crippen LogP contribution is 2.18. The molecule has 2 aromatic carbocycles. The van der Waals surface area contributed by atoms with Crippen LogP contribution in [-0.4, -0.2) is 23.3 Å². The molecule has 1 N–H and O–H groups in total. The molecule has 0 aliphatic rings. The van der Waals surface area contributed by atoms with Gasteiger partial charge < -0.3 is 9.94 Å².